The summed E-state index contributed by atoms with van der Waals surface area (Å²) < 4.78 is 0. The molecule has 0 fully saturated rings. The van der Waals surface area contributed by atoms with Crippen LogP contribution in [0.1, 0.15) is 0 Å². The first-order valence-electron chi connectivity index (χ1n) is 1.72. The van der Waals surface area contributed by atoms with Gasteiger partial charge in [0.25, 0.3) is 0 Å². The van der Waals surface area contributed by atoms with Gasteiger partial charge in [-0.3, -0.25) is 4.79 Å². The molecule has 9 heavy (non-hydrogen) atoms. The van der Waals surface area contributed by atoms with Gasteiger partial charge in [0, 0.05) is 0 Å². The highest BCUT2D eigenvalue weighted by Gasteiger charge is 2.15. The molecule has 0 bridgehead atoms. The number of nitro groups is 1. The lowest BCUT2D eigenvalue weighted by Crippen LogP contribution is -2.34. The molecule has 0 aliphatic carbocycles. The van der Waals surface area contributed by atoms with Crippen molar-refractivity contribution in [3.63, 3.8) is 0 Å². The van der Waals surface area contributed by atoms with Crippen molar-refractivity contribution in [1.29, 1.82) is 0 Å². The van der Waals surface area contributed by atoms with Crippen LogP contribution in [-0.4, -0.2) is 22.0 Å². The van der Waals surface area contributed by atoms with E-state index in [1.165, 1.54) is 0 Å². The Morgan fingerprint density at radius 3 is 2.11 bits per heavy atom. The Balaban J connectivity index is 3.79. The molecule has 0 spiro atoms. The Kier molecular flexibility index (Phi) is 2.12. The maximum Gasteiger partial charge on any atom is 0.400 e. The highest BCUT2D eigenvalue weighted by molar-refractivity contribution is 6.31. The summed E-state index contributed by atoms with van der Waals surface area (Å²) in [6, 6.07) is 0. The lowest BCUT2D eigenvalue weighted by atomic mass is 10.7. The molecule has 7 heteroatoms. The van der Waals surface area contributed by atoms with Gasteiger partial charge >= 0.3 is 11.9 Å². The Bertz CT molecular complexity index is 162. The van der Waals surface area contributed by atoms with Gasteiger partial charge in [-0.05, 0) is 0 Å². The average Bonchev–Trinajstić information content (AvgIpc) is 1.63. The second-order valence-electron chi connectivity index (χ2n) is 1.00. The van der Waals surface area contributed by atoms with E-state index in [0.717, 1.165) is 5.43 Å². The number of carboxylic acids is 1. The number of carboxylic acid groups (broad SMARTS) is 1. The minimum atomic E-state index is -1.88. The van der Waals surface area contributed by atoms with E-state index in [2.05, 4.69) is 0 Å². The van der Waals surface area contributed by atoms with Gasteiger partial charge in [-0.2, -0.15) is 0 Å². The molecule has 0 atom stereocenters. The van der Waals surface area contributed by atoms with E-state index in [4.69, 9.17) is 5.11 Å². The molecule has 50 valence electrons. The van der Waals surface area contributed by atoms with Gasteiger partial charge in [0.15, 0.2) is 5.03 Å². The van der Waals surface area contributed by atoms with Gasteiger partial charge in [-0.15, -0.1) is 0 Å². The molecule has 0 rings (SSSR count). The molecule has 7 nitrogen and oxygen atoms in total. The van der Waals surface area contributed by atoms with Crippen LogP contribution in [0.2, 0.25) is 0 Å². The van der Waals surface area contributed by atoms with E-state index >= 15 is 0 Å². The fourth-order valence-corrected chi connectivity index (χ4v) is 0.131. The number of carbonyl (C=O) groups is 2. The maximum atomic E-state index is 9.80. The molecule has 0 saturated heterocycles. The van der Waals surface area contributed by atoms with Gasteiger partial charge in [0.05, 0.1) is 0 Å². The summed E-state index contributed by atoms with van der Waals surface area (Å²) in [4.78, 5) is 28.6. The average molecular weight is 134 g/mol. The lowest BCUT2D eigenvalue weighted by molar-refractivity contribution is -0.529. The highest BCUT2D eigenvalue weighted by atomic mass is 16.7. The van der Waals surface area contributed by atoms with Gasteiger partial charge in [0.2, 0.25) is 0 Å². The third kappa shape index (κ3) is 2.97. The quantitative estimate of drug-likeness (QED) is 0.254. The normalized spacial score (nSPS) is 8.00. The van der Waals surface area contributed by atoms with Crippen LogP contribution < -0.4 is 5.43 Å². The second-order valence-corrected chi connectivity index (χ2v) is 1.00. The van der Waals surface area contributed by atoms with E-state index in [-0.39, 0.29) is 0 Å². The molecule has 0 aliphatic rings. The van der Waals surface area contributed by atoms with Crippen molar-refractivity contribution in [2.75, 3.05) is 0 Å². The minimum Gasteiger partial charge on any atom is -0.474 e. The summed E-state index contributed by atoms with van der Waals surface area (Å²) in [7, 11) is 0. The zero-order chi connectivity index (χ0) is 7.44. The molecule has 0 aromatic carbocycles. The standard InChI is InChI=1S/C2H2N2O5/c5-1(2(6)7)3-4(8)9/h(H,3,5)(H,6,7). The molecular formula is C2H2N2O5. The van der Waals surface area contributed by atoms with Crippen LogP contribution in [0.25, 0.3) is 0 Å². The summed E-state index contributed by atoms with van der Waals surface area (Å²) in [6.45, 7) is 0. The van der Waals surface area contributed by atoms with E-state index in [1.54, 1.807) is 0 Å². The first-order chi connectivity index (χ1) is 4.04. The maximum absolute atomic E-state index is 9.80. The van der Waals surface area contributed by atoms with Crippen molar-refractivity contribution >= 4 is 11.9 Å². The van der Waals surface area contributed by atoms with Crippen LogP contribution >= 0.6 is 0 Å². The third-order valence-corrected chi connectivity index (χ3v) is 0.387. The fraction of sp³-hybridized carbons (Fsp3) is 0. The topological polar surface area (TPSA) is 110 Å². The van der Waals surface area contributed by atoms with Crippen LogP contribution in [0.3, 0.4) is 0 Å². The summed E-state index contributed by atoms with van der Waals surface area (Å²) in [6.07, 6.45) is 0. The fourth-order valence-electron chi connectivity index (χ4n) is 0.131. The number of nitrogens with one attached hydrogen (secondary N) is 1. The molecule has 0 radical (unpaired) electrons. The monoisotopic (exact) mass is 134 g/mol. The SMILES string of the molecule is O=C(O)C(=O)N[N+](=O)[O-]. The summed E-state index contributed by atoms with van der Waals surface area (Å²) in [5.41, 5.74) is 0.926. The molecule has 1 amide bonds. The number of amides is 1. The number of carbonyl (C=O) groups excluding carboxylic acids is 1. The van der Waals surface area contributed by atoms with E-state index in [0.29, 0.717) is 0 Å². The van der Waals surface area contributed by atoms with Crippen molar-refractivity contribution in [3.05, 3.63) is 10.1 Å². The van der Waals surface area contributed by atoms with Gasteiger partial charge in [0.1, 0.15) is 0 Å². The Morgan fingerprint density at radius 2 is 2.00 bits per heavy atom. The Labute approximate surface area is 48.4 Å². The summed E-state index contributed by atoms with van der Waals surface area (Å²) in [5, 5.41) is 15.8. The molecule has 0 aliphatic heterocycles. The summed E-state index contributed by atoms with van der Waals surface area (Å²) in [5.74, 6) is -3.54. The van der Waals surface area contributed by atoms with E-state index < -0.39 is 16.9 Å². The van der Waals surface area contributed by atoms with Crippen LogP contribution in [0.15, 0.2) is 0 Å². The molecule has 0 saturated carbocycles. The molecule has 0 aromatic heterocycles. The highest BCUT2D eigenvalue weighted by Crippen LogP contribution is 1.64. The predicted molar refractivity (Wildman–Crippen MR) is 22.8 cm³/mol. The largest absolute Gasteiger partial charge is 0.474 e. The predicted octanol–water partition coefficient (Wildman–Crippen LogP) is -1.62. The van der Waals surface area contributed by atoms with Crippen molar-refractivity contribution in [1.82, 2.24) is 5.43 Å². The second kappa shape index (κ2) is 2.60. The minimum absolute atomic E-state index is 0.926. The van der Waals surface area contributed by atoms with Crippen molar-refractivity contribution < 1.29 is 19.7 Å². The van der Waals surface area contributed by atoms with Crippen LogP contribution in [0, 0.1) is 10.1 Å². The molecule has 2 N–H and O–H groups in total. The first kappa shape index (κ1) is 7.34. The van der Waals surface area contributed by atoms with Gasteiger partial charge in [-0.1, -0.05) is 5.43 Å². The Hall–Kier alpha value is -1.66. The number of hydrazine groups is 1. The summed E-state index contributed by atoms with van der Waals surface area (Å²) >= 11 is 0. The molecular weight excluding hydrogens is 132 g/mol. The van der Waals surface area contributed by atoms with Crippen molar-refractivity contribution in [3.8, 4) is 0 Å². The molecule has 0 unspecified atom stereocenters. The van der Waals surface area contributed by atoms with Crippen molar-refractivity contribution in [2.24, 2.45) is 0 Å². The van der Waals surface area contributed by atoms with E-state index in [1.807, 2.05) is 0 Å². The number of hydrogen-bond donors (Lipinski definition) is 2. The molecule has 0 heterocycles. The van der Waals surface area contributed by atoms with Crippen LogP contribution in [-0.2, 0) is 9.59 Å². The van der Waals surface area contributed by atoms with Crippen LogP contribution in [0.4, 0.5) is 0 Å². The smallest absolute Gasteiger partial charge is 0.400 e. The lowest BCUT2D eigenvalue weighted by Gasteiger charge is -1.86. The first-order valence-corrected chi connectivity index (χ1v) is 1.72. The number of hydrogen-bond acceptors (Lipinski definition) is 4. The molecule has 0 aromatic rings. The van der Waals surface area contributed by atoms with E-state index in [9.17, 15) is 19.7 Å². The zero-order valence-electron chi connectivity index (χ0n) is 4.03. The van der Waals surface area contributed by atoms with Gasteiger partial charge in [-0.25, -0.2) is 14.9 Å². The third-order valence-electron chi connectivity index (χ3n) is 0.387. The number of rotatable bonds is 1. The van der Waals surface area contributed by atoms with Crippen molar-refractivity contribution in [2.45, 2.75) is 0 Å². The zero-order valence-corrected chi connectivity index (χ0v) is 4.03. The van der Waals surface area contributed by atoms with Gasteiger partial charge < -0.3 is 5.11 Å². The number of aliphatic carboxylic acids is 1. The number of nitrogens with zero attached hydrogens (tertiary/aromatic N) is 1. The Morgan fingerprint density at radius 1 is 1.56 bits per heavy atom. The van der Waals surface area contributed by atoms with Crippen LogP contribution in [0.5, 0.6) is 0 Å².